The summed E-state index contributed by atoms with van der Waals surface area (Å²) in [5.74, 6) is 0. The van der Waals surface area contributed by atoms with E-state index in [0.29, 0.717) is 0 Å². The molecule has 14 heavy (non-hydrogen) atoms. The van der Waals surface area contributed by atoms with E-state index in [9.17, 15) is 0 Å². The smallest absolute Gasteiger partial charge is 0.0170 e. The summed E-state index contributed by atoms with van der Waals surface area (Å²) in [6, 6.07) is 0.821. The fraction of sp³-hybridized carbons (Fsp3) is 0.692. The Balaban J connectivity index is 2.35. The summed E-state index contributed by atoms with van der Waals surface area (Å²) >= 11 is 0. The molecule has 0 radical (unpaired) electrons. The van der Waals surface area contributed by atoms with Gasteiger partial charge in [0.1, 0.15) is 0 Å². The lowest BCUT2D eigenvalue weighted by Gasteiger charge is -2.06. The van der Waals surface area contributed by atoms with Gasteiger partial charge in [0.15, 0.2) is 0 Å². The van der Waals surface area contributed by atoms with Crippen LogP contribution in [0.15, 0.2) is 23.3 Å². The van der Waals surface area contributed by atoms with Crippen molar-refractivity contribution in [3.8, 4) is 0 Å². The molecule has 0 aromatic rings. The number of hydrogen-bond acceptors (Lipinski definition) is 1. The van der Waals surface area contributed by atoms with E-state index < -0.39 is 0 Å². The summed E-state index contributed by atoms with van der Waals surface area (Å²) in [7, 11) is 0. The van der Waals surface area contributed by atoms with Gasteiger partial charge in [-0.1, -0.05) is 36.6 Å². The molecule has 1 heteroatoms. The molecule has 0 aliphatic heterocycles. The molecule has 0 aromatic heterocycles. The second-order valence-electron chi connectivity index (χ2n) is 4.47. The van der Waals surface area contributed by atoms with E-state index in [1.54, 1.807) is 5.57 Å². The van der Waals surface area contributed by atoms with E-state index in [1.807, 2.05) is 0 Å². The molecule has 0 amide bonds. The Morgan fingerprint density at radius 3 is 2.50 bits per heavy atom. The third kappa shape index (κ3) is 5.23. The van der Waals surface area contributed by atoms with Crippen LogP contribution in [0, 0.1) is 0 Å². The van der Waals surface area contributed by atoms with Gasteiger partial charge in [0, 0.05) is 12.6 Å². The summed E-state index contributed by atoms with van der Waals surface area (Å²) in [5, 5.41) is 3.57. The maximum absolute atomic E-state index is 3.57. The SMILES string of the molecule is CCC/C(=C\C=C(C)C)CNC1CC1. The van der Waals surface area contributed by atoms with Crippen LogP contribution in [0.1, 0.15) is 46.5 Å². The monoisotopic (exact) mass is 193 g/mol. The summed E-state index contributed by atoms with van der Waals surface area (Å²) in [6.45, 7) is 7.62. The Kier molecular flexibility index (Phi) is 4.95. The molecule has 80 valence electrons. The Bertz CT molecular complexity index is 217. The minimum atomic E-state index is 0.821. The van der Waals surface area contributed by atoms with Gasteiger partial charge >= 0.3 is 0 Å². The van der Waals surface area contributed by atoms with E-state index in [4.69, 9.17) is 0 Å². The molecular weight excluding hydrogens is 170 g/mol. The van der Waals surface area contributed by atoms with E-state index in [-0.39, 0.29) is 0 Å². The first-order valence-corrected chi connectivity index (χ1v) is 5.78. The van der Waals surface area contributed by atoms with Crippen molar-refractivity contribution in [1.82, 2.24) is 5.32 Å². The van der Waals surface area contributed by atoms with Crippen LogP contribution in [0.4, 0.5) is 0 Å². The van der Waals surface area contributed by atoms with Crippen LogP contribution in [-0.4, -0.2) is 12.6 Å². The van der Waals surface area contributed by atoms with Crippen molar-refractivity contribution in [1.29, 1.82) is 0 Å². The van der Waals surface area contributed by atoms with Crippen LogP contribution < -0.4 is 5.32 Å². The van der Waals surface area contributed by atoms with Crippen molar-refractivity contribution in [3.63, 3.8) is 0 Å². The predicted octanol–water partition coefficient (Wildman–Crippen LogP) is 3.43. The highest BCUT2D eigenvalue weighted by molar-refractivity contribution is 5.17. The zero-order valence-corrected chi connectivity index (χ0v) is 9.77. The number of allylic oxidation sites excluding steroid dienone is 3. The zero-order valence-electron chi connectivity index (χ0n) is 9.77. The highest BCUT2D eigenvalue weighted by Gasteiger charge is 2.19. The highest BCUT2D eigenvalue weighted by Crippen LogP contribution is 2.19. The fourth-order valence-corrected chi connectivity index (χ4v) is 1.40. The lowest BCUT2D eigenvalue weighted by molar-refractivity contribution is 0.706. The molecule has 1 nitrogen and oxygen atoms in total. The Morgan fingerprint density at radius 1 is 1.29 bits per heavy atom. The van der Waals surface area contributed by atoms with Gasteiger partial charge in [-0.25, -0.2) is 0 Å². The largest absolute Gasteiger partial charge is 0.310 e. The molecule has 0 saturated heterocycles. The van der Waals surface area contributed by atoms with Gasteiger partial charge in [-0.2, -0.15) is 0 Å². The van der Waals surface area contributed by atoms with E-state index in [0.717, 1.165) is 12.6 Å². The molecule has 1 fully saturated rings. The fourth-order valence-electron chi connectivity index (χ4n) is 1.40. The molecule has 0 aromatic carbocycles. The average Bonchev–Trinajstić information content (AvgIpc) is 2.93. The van der Waals surface area contributed by atoms with Crippen LogP contribution in [0.2, 0.25) is 0 Å². The molecule has 1 aliphatic carbocycles. The molecule has 1 aliphatic rings. The van der Waals surface area contributed by atoms with Gasteiger partial charge < -0.3 is 5.32 Å². The third-order valence-electron chi connectivity index (χ3n) is 2.42. The van der Waals surface area contributed by atoms with E-state index >= 15 is 0 Å². The van der Waals surface area contributed by atoms with E-state index in [2.05, 4.69) is 38.2 Å². The molecule has 1 N–H and O–H groups in total. The molecule has 0 bridgehead atoms. The first kappa shape index (κ1) is 11.5. The standard InChI is InChI=1S/C13H23N/c1-4-5-12(7-6-11(2)3)10-14-13-8-9-13/h6-7,13-14H,4-5,8-10H2,1-3H3/b12-7+. The number of hydrogen-bond donors (Lipinski definition) is 1. The zero-order chi connectivity index (χ0) is 10.4. The third-order valence-corrected chi connectivity index (χ3v) is 2.42. The molecular formula is C13H23N. The number of nitrogens with one attached hydrogen (secondary N) is 1. The molecule has 1 saturated carbocycles. The van der Waals surface area contributed by atoms with Gasteiger partial charge in [-0.15, -0.1) is 0 Å². The van der Waals surface area contributed by atoms with Crippen molar-refractivity contribution in [2.45, 2.75) is 52.5 Å². The van der Waals surface area contributed by atoms with Crippen LogP contribution in [0.25, 0.3) is 0 Å². The van der Waals surface area contributed by atoms with Crippen molar-refractivity contribution in [2.75, 3.05) is 6.54 Å². The maximum Gasteiger partial charge on any atom is 0.0170 e. The van der Waals surface area contributed by atoms with E-state index in [1.165, 1.54) is 31.3 Å². The normalized spacial score (nSPS) is 16.9. The summed E-state index contributed by atoms with van der Waals surface area (Å²) in [6.07, 6.45) is 9.73. The van der Waals surface area contributed by atoms with Crippen molar-refractivity contribution >= 4 is 0 Å². The van der Waals surface area contributed by atoms with Crippen LogP contribution in [0.3, 0.4) is 0 Å². The minimum absolute atomic E-state index is 0.821. The van der Waals surface area contributed by atoms with Gasteiger partial charge in [0.2, 0.25) is 0 Å². The summed E-state index contributed by atoms with van der Waals surface area (Å²) < 4.78 is 0. The molecule has 0 unspecified atom stereocenters. The van der Waals surface area contributed by atoms with Crippen LogP contribution in [-0.2, 0) is 0 Å². The second kappa shape index (κ2) is 6.02. The van der Waals surface area contributed by atoms with Gasteiger partial charge in [0.05, 0.1) is 0 Å². The molecule has 0 heterocycles. The maximum atomic E-state index is 3.57. The lowest BCUT2D eigenvalue weighted by Crippen LogP contribution is -2.19. The molecule has 1 rings (SSSR count). The Labute approximate surface area is 88.3 Å². The topological polar surface area (TPSA) is 12.0 Å². The molecule has 0 spiro atoms. The highest BCUT2D eigenvalue weighted by atomic mass is 14.9. The van der Waals surface area contributed by atoms with Crippen LogP contribution in [0.5, 0.6) is 0 Å². The molecule has 0 atom stereocenters. The van der Waals surface area contributed by atoms with Crippen LogP contribution >= 0.6 is 0 Å². The van der Waals surface area contributed by atoms with Gasteiger partial charge in [0.25, 0.3) is 0 Å². The van der Waals surface area contributed by atoms with Crippen molar-refractivity contribution in [2.24, 2.45) is 0 Å². The Morgan fingerprint density at radius 2 is 2.00 bits per heavy atom. The lowest BCUT2D eigenvalue weighted by atomic mass is 10.1. The first-order valence-electron chi connectivity index (χ1n) is 5.78. The summed E-state index contributed by atoms with van der Waals surface area (Å²) in [4.78, 5) is 0. The van der Waals surface area contributed by atoms with Gasteiger partial charge in [-0.05, 0) is 33.1 Å². The van der Waals surface area contributed by atoms with Gasteiger partial charge in [-0.3, -0.25) is 0 Å². The minimum Gasteiger partial charge on any atom is -0.310 e. The van der Waals surface area contributed by atoms with Crippen molar-refractivity contribution < 1.29 is 0 Å². The Hall–Kier alpha value is -0.560. The average molecular weight is 193 g/mol. The first-order chi connectivity index (χ1) is 6.72. The second-order valence-corrected chi connectivity index (χ2v) is 4.47. The number of rotatable bonds is 6. The quantitative estimate of drug-likeness (QED) is 0.637. The predicted molar refractivity (Wildman–Crippen MR) is 63.4 cm³/mol. The summed E-state index contributed by atoms with van der Waals surface area (Å²) in [5.41, 5.74) is 2.92. The van der Waals surface area contributed by atoms with Crippen molar-refractivity contribution in [3.05, 3.63) is 23.3 Å².